The van der Waals surface area contributed by atoms with E-state index >= 15 is 0 Å². The van der Waals surface area contributed by atoms with Crippen LogP contribution in [-0.2, 0) is 11.2 Å². The Morgan fingerprint density at radius 3 is 3.05 bits per heavy atom. The molecule has 1 aliphatic rings. The number of nitrogens with one attached hydrogen (secondary N) is 1. The van der Waals surface area contributed by atoms with Crippen LogP contribution in [0.25, 0.3) is 0 Å². The van der Waals surface area contributed by atoms with Crippen LogP contribution in [0.3, 0.4) is 0 Å². The normalized spacial score (nSPS) is 20.9. The van der Waals surface area contributed by atoms with Crippen LogP contribution in [0.15, 0.2) is 6.07 Å². The van der Waals surface area contributed by atoms with E-state index in [-0.39, 0.29) is 6.10 Å². The second-order valence-electron chi connectivity index (χ2n) is 5.48. The summed E-state index contributed by atoms with van der Waals surface area (Å²) in [5.74, 6) is 1.47. The van der Waals surface area contributed by atoms with Crippen LogP contribution in [-0.4, -0.2) is 41.1 Å². The zero-order valence-electron chi connectivity index (χ0n) is 12.0. The largest absolute Gasteiger partial charge is 0.368 e. The maximum atomic E-state index is 5.83. The van der Waals surface area contributed by atoms with Crippen LogP contribution in [0, 0.1) is 10.6 Å². The molecule has 0 saturated carbocycles. The first kappa shape index (κ1) is 14.6. The van der Waals surface area contributed by atoms with Gasteiger partial charge in [0.2, 0.25) is 0 Å². The van der Waals surface area contributed by atoms with Crippen LogP contribution in [0.4, 0.5) is 0 Å². The number of morpholine rings is 1. The first-order valence-corrected chi connectivity index (χ1v) is 7.43. The lowest BCUT2D eigenvalue weighted by Crippen LogP contribution is -2.38. The molecule has 1 N–H and O–H groups in total. The van der Waals surface area contributed by atoms with Crippen molar-refractivity contribution in [3.8, 4) is 0 Å². The molecule has 2 rings (SSSR count). The third kappa shape index (κ3) is 4.09. The molecule has 0 aromatic carbocycles. The van der Waals surface area contributed by atoms with Gasteiger partial charge >= 0.3 is 0 Å². The Hall–Kier alpha value is -0.780. The quantitative estimate of drug-likeness (QED) is 0.862. The van der Waals surface area contributed by atoms with Gasteiger partial charge in [0.05, 0.1) is 6.61 Å². The van der Waals surface area contributed by atoms with E-state index in [9.17, 15) is 0 Å². The molecule has 1 aromatic heterocycles. The van der Waals surface area contributed by atoms with Gasteiger partial charge in [0.25, 0.3) is 0 Å². The van der Waals surface area contributed by atoms with Crippen molar-refractivity contribution in [3.63, 3.8) is 0 Å². The van der Waals surface area contributed by atoms with Gasteiger partial charge in [0.1, 0.15) is 16.6 Å². The SMILES string of the molecule is CCN1CCOC(c2nc(=S)cc(CC(C)C)[nH]2)C1. The summed E-state index contributed by atoms with van der Waals surface area (Å²) in [4.78, 5) is 10.2. The molecule has 19 heavy (non-hydrogen) atoms. The third-order valence-electron chi connectivity index (χ3n) is 3.35. The molecule has 5 heteroatoms. The maximum Gasteiger partial charge on any atom is 0.138 e. The van der Waals surface area contributed by atoms with Crippen LogP contribution in [0.2, 0.25) is 0 Å². The fourth-order valence-corrected chi connectivity index (χ4v) is 2.63. The van der Waals surface area contributed by atoms with E-state index in [1.807, 2.05) is 6.07 Å². The molecular formula is C14H23N3OS. The molecular weight excluding hydrogens is 258 g/mol. The second kappa shape index (κ2) is 6.59. The summed E-state index contributed by atoms with van der Waals surface area (Å²) in [6.45, 7) is 10.3. The second-order valence-corrected chi connectivity index (χ2v) is 5.90. The summed E-state index contributed by atoms with van der Waals surface area (Å²) < 4.78 is 6.48. The molecule has 1 fully saturated rings. The molecule has 2 heterocycles. The highest BCUT2D eigenvalue weighted by molar-refractivity contribution is 7.71. The van der Waals surface area contributed by atoms with E-state index < -0.39 is 0 Å². The Labute approximate surface area is 120 Å². The van der Waals surface area contributed by atoms with Gasteiger partial charge in [-0.3, -0.25) is 4.90 Å². The number of aromatic amines is 1. The van der Waals surface area contributed by atoms with Gasteiger partial charge in [-0.05, 0) is 24.9 Å². The Morgan fingerprint density at radius 1 is 1.58 bits per heavy atom. The number of nitrogens with zero attached hydrogens (tertiary/aromatic N) is 2. The lowest BCUT2D eigenvalue weighted by molar-refractivity contribution is -0.0327. The van der Waals surface area contributed by atoms with Crippen molar-refractivity contribution in [1.29, 1.82) is 0 Å². The van der Waals surface area contributed by atoms with E-state index in [1.165, 1.54) is 0 Å². The van der Waals surface area contributed by atoms with Crippen LogP contribution in [0.1, 0.15) is 38.4 Å². The van der Waals surface area contributed by atoms with Gasteiger partial charge in [0, 0.05) is 18.8 Å². The van der Waals surface area contributed by atoms with Crippen molar-refractivity contribution in [2.75, 3.05) is 26.2 Å². The summed E-state index contributed by atoms with van der Waals surface area (Å²) in [5, 5.41) is 0. The van der Waals surface area contributed by atoms with Crippen LogP contribution < -0.4 is 0 Å². The minimum absolute atomic E-state index is 0.0162. The minimum Gasteiger partial charge on any atom is -0.368 e. The predicted octanol–water partition coefficient (Wildman–Crippen LogP) is 2.73. The summed E-state index contributed by atoms with van der Waals surface area (Å²) in [6, 6.07) is 1.96. The topological polar surface area (TPSA) is 41.1 Å². The Bertz CT molecular complexity index is 472. The Balaban J connectivity index is 2.19. The van der Waals surface area contributed by atoms with Crippen molar-refractivity contribution in [1.82, 2.24) is 14.9 Å². The molecule has 0 bridgehead atoms. The number of ether oxygens (including phenoxy) is 1. The van der Waals surface area contributed by atoms with Gasteiger partial charge in [-0.15, -0.1) is 0 Å². The number of likely N-dealkylation sites (N-methyl/N-ethyl adjacent to an activating group) is 1. The highest BCUT2D eigenvalue weighted by atomic mass is 32.1. The van der Waals surface area contributed by atoms with Crippen molar-refractivity contribution >= 4 is 12.2 Å². The summed E-state index contributed by atoms with van der Waals surface area (Å²) in [7, 11) is 0. The molecule has 1 saturated heterocycles. The van der Waals surface area contributed by atoms with Crippen molar-refractivity contribution in [2.45, 2.75) is 33.3 Å². The summed E-state index contributed by atoms with van der Waals surface area (Å²) >= 11 is 5.27. The number of aromatic nitrogens is 2. The van der Waals surface area contributed by atoms with Gasteiger partial charge < -0.3 is 9.72 Å². The highest BCUT2D eigenvalue weighted by Crippen LogP contribution is 2.19. The predicted molar refractivity (Wildman–Crippen MR) is 78.8 cm³/mol. The molecule has 0 aliphatic carbocycles. The number of H-pyrrole nitrogens is 1. The van der Waals surface area contributed by atoms with Gasteiger partial charge in [-0.2, -0.15) is 0 Å². The van der Waals surface area contributed by atoms with Crippen molar-refractivity contribution in [3.05, 3.63) is 22.2 Å². The summed E-state index contributed by atoms with van der Waals surface area (Å²) in [5.41, 5.74) is 1.15. The molecule has 1 aliphatic heterocycles. The lowest BCUT2D eigenvalue weighted by atomic mass is 10.1. The number of hydrogen-bond acceptors (Lipinski definition) is 4. The molecule has 1 aromatic rings. The maximum absolute atomic E-state index is 5.83. The molecule has 1 unspecified atom stereocenters. The first-order chi connectivity index (χ1) is 9.08. The van der Waals surface area contributed by atoms with Crippen LogP contribution >= 0.6 is 12.2 Å². The average Bonchev–Trinajstić information content (AvgIpc) is 2.37. The van der Waals surface area contributed by atoms with E-state index in [1.54, 1.807) is 0 Å². The standard InChI is InChI=1S/C14H23N3OS/c1-4-17-5-6-18-12(9-17)14-15-11(7-10(2)3)8-13(19)16-14/h8,10,12H,4-7,9H2,1-3H3,(H,15,16,19). The fourth-order valence-electron chi connectivity index (χ4n) is 2.39. The first-order valence-electron chi connectivity index (χ1n) is 7.02. The minimum atomic E-state index is 0.0162. The molecule has 0 amide bonds. The molecule has 1 atom stereocenters. The monoisotopic (exact) mass is 281 g/mol. The smallest absolute Gasteiger partial charge is 0.138 e. The lowest BCUT2D eigenvalue weighted by Gasteiger charge is -2.31. The average molecular weight is 281 g/mol. The van der Waals surface area contributed by atoms with Gasteiger partial charge in [-0.1, -0.05) is 33.0 Å². The fraction of sp³-hybridized carbons (Fsp3) is 0.714. The van der Waals surface area contributed by atoms with Crippen LogP contribution in [0.5, 0.6) is 0 Å². The molecule has 0 radical (unpaired) electrons. The Kier molecular flexibility index (Phi) is 5.07. The van der Waals surface area contributed by atoms with Gasteiger partial charge in [0.15, 0.2) is 0 Å². The van der Waals surface area contributed by atoms with Gasteiger partial charge in [-0.25, -0.2) is 4.98 Å². The van der Waals surface area contributed by atoms with Crippen molar-refractivity contribution in [2.24, 2.45) is 5.92 Å². The molecule has 106 valence electrons. The zero-order valence-corrected chi connectivity index (χ0v) is 12.8. The van der Waals surface area contributed by atoms with E-state index in [4.69, 9.17) is 17.0 Å². The number of hydrogen-bond donors (Lipinski definition) is 1. The highest BCUT2D eigenvalue weighted by Gasteiger charge is 2.23. The van der Waals surface area contributed by atoms with Crippen molar-refractivity contribution < 1.29 is 4.74 Å². The molecule has 0 spiro atoms. The Morgan fingerprint density at radius 2 is 2.37 bits per heavy atom. The molecule has 4 nitrogen and oxygen atoms in total. The van der Waals surface area contributed by atoms with E-state index in [2.05, 4.69) is 35.6 Å². The zero-order chi connectivity index (χ0) is 13.8. The van der Waals surface area contributed by atoms with E-state index in [0.717, 1.165) is 44.2 Å². The third-order valence-corrected chi connectivity index (χ3v) is 3.56. The van der Waals surface area contributed by atoms with E-state index in [0.29, 0.717) is 10.6 Å². The summed E-state index contributed by atoms with van der Waals surface area (Å²) in [6.07, 6.45) is 1.01. The number of rotatable bonds is 4.